The number of phenolic OH excluding ortho intramolecular Hbond substituents is 1. The third-order valence-electron chi connectivity index (χ3n) is 5.03. The lowest BCUT2D eigenvalue weighted by Crippen LogP contribution is -2.05. The highest BCUT2D eigenvalue weighted by Gasteiger charge is 2.30. The van der Waals surface area contributed by atoms with E-state index in [0.717, 1.165) is 34.4 Å². The van der Waals surface area contributed by atoms with Crippen molar-refractivity contribution < 1.29 is 27.8 Å². The fourth-order valence-corrected chi connectivity index (χ4v) is 3.56. The molecule has 0 aliphatic rings. The zero-order valence-electron chi connectivity index (χ0n) is 17.3. The summed E-state index contributed by atoms with van der Waals surface area (Å²) in [5, 5.41) is 9.88. The van der Waals surface area contributed by atoms with Crippen LogP contribution in [0.25, 0.3) is 22.3 Å². The number of halogens is 3. The number of aryl methyl sites for hydroxylation is 2. The highest BCUT2D eigenvalue weighted by atomic mass is 19.4. The number of hydrogen-bond donors (Lipinski definition) is 1. The molecule has 3 aromatic carbocycles. The number of ether oxygens (including phenoxy) is 1. The Hall–Kier alpha value is -3.28. The Balaban J connectivity index is 1.94. The van der Waals surface area contributed by atoms with Crippen LogP contribution in [0.4, 0.5) is 13.2 Å². The van der Waals surface area contributed by atoms with Gasteiger partial charge in [0.25, 0.3) is 0 Å². The van der Waals surface area contributed by atoms with Crippen LogP contribution in [-0.4, -0.2) is 17.7 Å². The van der Waals surface area contributed by atoms with Gasteiger partial charge in [-0.3, -0.25) is 4.79 Å². The molecule has 162 valence electrons. The highest BCUT2D eigenvalue weighted by Crippen LogP contribution is 2.35. The van der Waals surface area contributed by atoms with Crippen LogP contribution < -0.4 is 0 Å². The van der Waals surface area contributed by atoms with Crippen molar-refractivity contribution in [2.75, 3.05) is 6.61 Å². The van der Waals surface area contributed by atoms with E-state index in [4.69, 9.17) is 4.74 Å². The standard InChI is InChI=1S/C25H23F3O3/c1-3-31-24(30)12-8-19-15-21(29)9-11-23(19)18-7-10-22(16(2)13-18)17-5-4-6-20(14-17)25(26,27)28/h4-7,9-11,13-15,29H,3,8,12H2,1-2H3. The van der Waals surface area contributed by atoms with Crippen LogP contribution in [-0.2, 0) is 22.1 Å². The molecule has 0 radical (unpaired) electrons. The van der Waals surface area contributed by atoms with Crippen molar-refractivity contribution in [1.29, 1.82) is 0 Å². The maximum atomic E-state index is 13.1. The highest BCUT2D eigenvalue weighted by molar-refractivity contribution is 5.76. The Bertz CT molecular complexity index is 1090. The van der Waals surface area contributed by atoms with Gasteiger partial charge in [0.2, 0.25) is 0 Å². The minimum Gasteiger partial charge on any atom is -0.508 e. The molecule has 0 aromatic heterocycles. The summed E-state index contributed by atoms with van der Waals surface area (Å²) in [5.74, 6) is -0.215. The average Bonchev–Trinajstić information content (AvgIpc) is 2.72. The van der Waals surface area contributed by atoms with E-state index in [1.54, 1.807) is 37.3 Å². The molecule has 0 unspecified atom stereocenters. The SMILES string of the molecule is CCOC(=O)CCc1cc(O)ccc1-c1ccc(-c2cccc(C(F)(F)F)c2)c(C)c1. The summed E-state index contributed by atoms with van der Waals surface area (Å²) < 4.78 is 44.2. The van der Waals surface area contributed by atoms with Crippen LogP contribution in [0, 0.1) is 6.92 Å². The molecule has 0 amide bonds. The summed E-state index contributed by atoms with van der Waals surface area (Å²) >= 11 is 0. The molecule has 0 aliphatic heterocycles. The van der Waals surface area contributed by atoms with Crippen molar-refractivity contribution in [3.05, 3.63) is 77.4 Å². The van der Waals surface area contributed by atoms with Gasteiger partial charge in [-0.2, -0.15) is 13.2 Å². The Kier molecular flexibility index (Phi) is 6.68. The van der Waals surface area contributed by atoms with Gasteiger partial charge in [-0.1, -0.05) is 36.4 Å². The molecular weight excluding hydrogens is 405 g/mol. The molecule has 31 heavy (non-hydrogen) atoms. The zero-order chi connectivity index (χ0) is 22.6. The Labute approximate surface area is 179 Å². The molecule has 0 atom stereocenters. The minimum absolute atomic E-state index is 0.0971. The van der Waals surface area contributed by atoms with Crippen LogP contribution in [0.15, 0.2) is 60.7 Å². The molecule has 0 heterocycles. The number of aromatic hydroxyl groups is 1. The molecular formula is C25H23F3O3. The average molecular weight is 428 g/mol. The van der Waals surface area contributed by atoms with Crippen molar-refractivity contribution in [3.8, 4) is 28.0 Å². The van der Waals surface area contributed by atoms with Gasteiger partial charge in [-0.15, -0.1) is 0 Å². The van der Waals surface area contributed by atoms with E-state index < -0.39 is 11.7 Å². The van der Waals surface area contributed by atoms with Crippen molar-refractivity contribution in [1.82, 2.24) is 0 Å². The van der Waals surface area contributed by atoms with E-state index in [1.807, 2.05) is 19.1 Å². The lowest BCUT2D eigenvalue weighted by Gasteiger charge is -2.14. The third-order valence-corrected chi connectivity index (χ3v) is 5.03. The number of carbonyl (C=O) groups excluding carboxylic acids is 1. The van der Waals surface area contributed by atoms with E-state index in [1.165, 1.54) is 6.07 Å². The molecule has 0 fully saturated rings. The molecule has 0 spiro atoms. The second kappa shape index (κ2) is 9.25. The normalized spacial score (nSPS) is 11.4. The summed E-state index contributed by atoms with van der Waals surface area (Å²) in [5.41, 5.74) is 3.83. The van der Waals surface area contributed by atoms with E-state index in [-0.39, 0.29) is 18.1 Å². The predicted molar refractivity (Wildman–Crippen MR) is 114 cm³/mol. The third kappa shape index (κ3) is 5.45. The Morgan fingerprint density at radius 3 is 2.35 bits per heavy atom. The molecule has 0 aliphatic carbocycles. The van der Waals surface area contributed by atoms with Crippen LogP contribution >= 0.6 is 0 Å². The molecule has 3 rings (SSSR count). The van der Waals surface area contributed by atoms with Gasteiger partial charge in [0, 0.05) is 6.42 Å². The van der Waals surface area contributed by atoms with Crippen molar-refractivity contribution in [2.45, 2.75) is 32.9 Å². The summed E-state index contributed by atoms with van der Waals surface area (Å²) in [6.07, 6.45) is -3.81. The molecule has 0 bridgehead atoms. The van der Waals surface area contributed by atoms with E-state index in [9.17, 15) is 23.1 Å². The summed E-state index contributed by atoms with van der Waals surface area (Å²) in [6, 6.07) is 15.7. The van der Waals surface area contributed by atoms with Gasteiger partial charge >= 0.3 is 12.1 Å². The first-order valence-corrected chi connectivity index (χ1v) is 9.95. The molecule has 3 nitrogen and oxygen atoms in total. The van der Waals surface area contributed by atoms with Crippen molar-refractivity contribution >= 4 is 5.97 Å². The Morgan fingerprint density at radius 1 is 0.968 bits per heavy atom. The summed E-state index contributed by atoms with van der Waals surface area (Å²) in [4.78, 5) is 11.7. The zero-order valence-corrected chi connectivity index (χ0v) is 17.3. The first-order chi connectivity index (χ1) is 14.7. The second-order valence-corrected chi connectivity index (χ2v) is 7.25. The van der Waals surface area contributed by atoms with E-state index in [2.05, 4.69) is 0 Å². The second-order valence-electron chi connectivity index (χ2n) is 7.25. The minimum atomic E-state index is -4.40. The predicted octanol–water partition coefficient (Wildman–Crippen LogP) is 6.55. The fraction of sp³-hybridized carbons (Fsp3) is 0.240. The van der Waals surface area contributed by atoms with Crippen LogP contribution in [0.2, 0.25) is 0 Å². The van der Waals surface area contributed by atoms with Gasteiger partial charge in [0.05, 0.1) is 12.2 Å². The molecule has 6 heteroatoms. The Morgan fingerprint density at radius 2 is 1.68 bits per heavy atom. The van der Waals surface area contributed by atoms with Gasteiger partial charge in [0.15, 0.2) is 0 Å². The van der Waals surface area contributed by atoms with Gasteiger partial charge in [-0.05, 0) is 77.9 Å². The maximum absolute atomic E-state index is 13.1. The lowest BCUT2D eigenvalue weighted by atomic mass is 9.92. The number of benzene rings is 3. The number of carbonyl (C=O) groups is 1. The van der Waals surface area contributed by atoms with Gasteiger partial charge < -0.3 is 9.84 Å². The topological polar surface area (TPSA) is 46.5 Å². The number of hydrogen-bond acceptors (Lipinski definition) is 3. The van der Waals surface area contributed by atoms with Gasteiger partial charge in [0.1, 0.15) is 5.75 Å². The molecule has 0 saturated carbocycles. The quantitative estimate of drug-likeness (QED) is 0.453. The van der Waals surface area contributed by atoms with Gasteiger partial charge in [-0.25, -0.2) is 0 Å². The van der Waals surface area contributed by atoms with Crippen molar-refractivity contribution in [2.24, 2.45) is 0 Å². The largest absolute Gasteiger partial charge is 0.508 e. The maximum Gasteiger partial charge on any atom is 0.416 e. The van der Waals surface area contributed by atoms with Crippen LogP contribution in [0.3, 0.4) is 0 Å². The number of phenols is 1. The first kappa shape index (κ1) is 22.4. The fourth-order valence-electron chi connectivity index (χ4n) is 3.56. The smallest absolute Gasteiger partial charge is 0.416 e. The lowest BCUT2D eigenvalue weighted by molar-refractivity contribution is -0.143. The summed E-state index contributed by atoms with van der Waals surface area (Å²) in [7, 11) is 0. The number of alkyl halides is 3. The molecule has 1 N–H and O–H groups in total. The van der Waals surface area contributed by atoms with E-state index >= 15 is 0 Å². The van der Waals surface area contributed by atoms with E-state index in [0.29, 0.717) is 24.2 Å². The first-order valence-electron chi connectivity index (χ1n) is 9.95. The van der Waals surface area contributed by atoms with Crippen LogP contribution in [0.1, 0.15) is 30.0 Å². The van der Waals surface area contributed by atoms with Crippen molar-refractivity contribution in [3.63, 3.8) is 0 Å². The monoisotopic (exact) mass is 428 g/mol. The molecule has 0 saturated heterocycles. The summed E-state index contributed by atoms with van der Waals surface area (Å²) in [6.45, 7) is 3.89. The number of rotatable bonds is 6. The molecule has 3 aromatic rings. The van der Waals surface area contributed by atoms with Crippen LogP contribution in [0.5, 0.6) is 5.75 Å². The number of esters is 1.